The van der Waals surface area contributed by atoms with Gasteiger partial charge < -0.3 is 10.1 Å². The predicted molar refractivity (Wildman–Crippen MR) is 123 cm³/mol. The second-order valence-corrected chi connectivity index (χ2v) is 12.8. The number of amides is 1. The van der Waals surface area contributed by atoms with Gasteiger partial charge in [0.2, 0.25) is 10.0 Å². The van der Waals surface area contributed by atoms with E-state index in [1.807, 2.05) is 33.8 Å². The van der Waals surface area contributed by atoms with Crippen LogP contribution >= 0.6 is 0 Å². The normalized spacial score (nSPS) is 36.9. The molecule has 6 nitrogen and oxygen atoms in total. The minimum Gasteiger partial charge on any atom is -0.373 e. The van der Waals surface area contributed by atoms with E-state index < -0.39 is 10.0 Å². The number of morpholine rings is 1. The van der Waals surface area contributed by atoms with Gasteiger partial charge in [-0.15, -0.1) is 0 Å². The largest absolute Gasteiger partial charge is 0.373 e. The maximum absolute atomic E-state index is 13.6. The molecule has 0 spiro atoms. The molecule has 2 atom stereocenters. The summed E-state index contributed by atoms with van der Waals surface area (Å²) in [7, 11) is -3.71. The summed E-state index contributed by atoms with van der Waals surface area (Å²) in [6.07, 6.45) is 6.01. The van der Waals surface area contributed by atoms with Gasteiger partial charge in [0.15, 0.2) is 0 Å². The van der Waals surface area contributed by atoms with Crippen molar-refractivity contribution in [2.45, 2.75) is 82.9 Å². The summed E-state index contributed by atoms with van der Waals surface area (Å²) in [5, 5.41) is 3.33. The van der Waals surface area contributed by atoms with Crippen molar-refractivity contribution in [3.05, 3.63) is 28.8 Å². The van der Waals surface area contributed by atoms with Gasteiger partial charge in [0, 0.05) is 24.7 Å². The number of aryl methyl sites for hydroxylation is 1. The van der Waals surface area contributed by atoms with E-state index in [0.717, 1.165) is 17.4 Å². The molecule has 32 heavy (non-hydrogen) atoms. The van der Waals surface area contributed by atoms with E-state index in [4.69, 9.17) is 4.74 Å². The number of benzene rings is 1. The summed E-state index contributed by atoms with van der Waals surface area (Å²) < 4.78 is 34.3. The SMILES string of the molecule is Cc1cc(C(=O)NC2C3CC4CC(C3)CC2C4)cc(S(=O)(=O)N2CC(C)OC(C)C2)c1C. The van der Waals surface area contributed by atoms with Crippen molar-refractivity contribution in [1.29, 1.82) is 0 Å². The number of nitrogens with zero attached hydrogens (tertiary/aromatic N) is 1. The Kier molecular flexibility index (Phi) is 5.66. The zero-order valence-electron chi connectivity index (χ0n) is 19.6. The molecule has 1 N–H and O–H groups in total. The molecular weight excluding hydrogens is 424 g/mol. The Bertz CT molecular complexity index is 983. The summed E-state index contributed by atoms with van der Waals surface area (Å²) in [4.78, 5) is 13.6. The molecule has 4 aliphatic carbocycles. The highest BCUT2D eigenvalue weighted by Crippen LogP contribution is 2.53. The summed E-state index contributed by atoms with van der Waals surface area (Å²) in [6.45, 7) is 8.16. The van der Waals surface area contributed by atoms with Gasteiger partial charge >= 0.3 is 0 Å². The van der Waals surface area contributed by atoms with Gasteiger partial charge in [0.25, 0.3) is 5.91 Å². The maximum Gasteiger partial charge on any atom is 0.251 e. The molecular formula is C25H36N2O4S. The fraction of sp³-hybridized carbons (Fsp3) is 0.720. The number of rotatable bonds is 4. The van der Waals surface area contributed by atoms with Crippen LogP contribution in [0.4, 0.5) is 0 Å². The Morgan fingerprint density at radius 1 is 0.969 bits per heavy atom. The molecule has 0 radical (unpaired) electrons. The van der Waals surface area contributed by atoms with Gasteiger partial charge in [-0.2, -0.15) is 4.31 Å². The first-order valence-corrected chi connectivity index (χ1v) is 13.6. The van der Waals surface area contributed by atoms with Crippen molar-refractivity contribution in [3.63, 3.8) is 0 Å². The number of sulfonamides is 1. The molecule has 1 aliphatic heterocycles. The van der Waals surface area contributed by atoms with Gasteiger partial charge in [-0.3, -0.25) is 4.79 Å². The standard InChI is InChI=1S/C25H36N2O4S/c1-14-5-22(25(28)26-24-20-7-18-6-19(9-20)10-21(24)8-18)11-23(17(14)4)32(29,30)27-12-15(2)31-16(3)13-27/h5,11,15-16,18-21,24H,6-10,12-13H2,1-4H3,(H,26,28). The first kappa shape index (κ1) is 22.4. The van der Waals surface area contributed by atoms with E-state index in [9.17, 15) is 13.2 Å². The smallest absolute Gasteiger partial charge is 0.251 e. The van der Waals surface area contributed by atoms with Crippen molar-refractivity contribution in [3.8, 4) is 0 Å². The fourth-order valence-electron chi connectivity index (χ4n) is 7.09. The topological polar surface area (TPSA) is 75.7 Å². The number of nitrogens with one attached hydrogen (secondary N) is 1. The molecule has 4 saturated carbocycles. The van der Waals surface area contributed by atoms with Crippen LogP contribution in [0.2, 0.25) is 0 Å². The van der Waals surface area contributed by atoms with Gasteiger partial charge in [-0.1, -0.05) is 0 Å². The molecule has 0 aromatic heterocycles. The predicted octanol–water partition coefficient (Wildman–Crippen LogP) is 3.66. The highest BCUT2D eigenvalue weighted by atomic mass is 32.2. The number of carbonyl (C=O) groups is 1. The zero-order valence-corrected chi connectivity index (χ0v) is 20.5. The lowest BCUT2D eigenvalue weighted by Gasteiger charge is -2.54. The van der Waals surface area contributed by atoms with Gasteiger partial charge in [0.05, 0.1) is 17.1 Å². The molecule has 176 valence electrons. The van der Waals surface area contributed by atoms with E-state index in [-0.39, 0.29) is 29.1 Å². The Morgan fingerprint density at radius 3 is 2.09 bits per heavy atom. The lowest BCUT2D eigenvalue weighted by atomic mass is 9.54. The van der Waals surface area contributed by atoms with Crippen LogP contribution in [0, 0.1) is 37.5 Å². The first-order valence-electron chi connectivity index (χ1n) is 12.2. The molecule has 2 unspecified atom stereocenters. The van der Waals surface area contributed by atoms with Crippen LogP contribution in [-0.2, 0) is 14.8 Å². The molecule has 1 aromatic carbocycles. The van der Waals surface area contributed by atoms with Crippen LogP contribution in [-0.4, -0.2) is 50.0 Å². The monoisotopic (exact) mass is 460 g/mol. The lowest BCUT2D eigenvalue weighted by Crippen LogP contribution is -2.55. The molecule has 4 bridgehead atoms. The van der Waals surface area contributed by atoms with Crippen molar-refractivity contribution >= 4 is 15.9 Å². The summed E-state index contributed by atoms with van der Waals surface area (Å²) in [5.41, 5.74) is 1.99. The van der Waals surface area contributed by atoms with Crippen molar-refractivity contribution in [1.82, 2.24) is 9.62 Å². The van der Waals surface area contributed by atoms with E-state index >= 15 is 0 Å². The average molecular weight is 461 g/mol. The second-order valence-electron chi connectivity index (χ2n) is 10.9. The maximum atomic E-state index is 13.6. The second kappa shape index (κ2) is 8.10. The van der Waals surface area contributed by atoms with E-state index in [0.29, 0.717) is 36.1 Å². The Hall–Kier alpha value is -1.44. The molecule has 1 amide bonds. The van der Waals surface area contributed by atoms with Gasteiger partial charge in [-0.25, -0.2) is 8.42 Å². The van der Waals surface area contributed by atoms with Crippen molar-refractivity contribution in [2.24, 2.45) is 23.7 Å². The van der Waals surface area contributed by atoms with Crippen LogP contribution in [0.3, 0.4) is 0 Å². The van der Waals surface area contributed by atoms with Crippen molar-refractivity contribution in [2.75, 3.05) is 13.1 Å². The third-order valence-electron chi connectivity index (χ3n) is 8.41. The number of carbonyl (C=O) groups excluding carboxylic acids is 1. The molecule has 1 aromatic rings. The minimum absolute atomic E-state index is 0.134. The summed E-state index contributed by atoms with van der Waals surface area (Å²) >= 11 is 0. The highest BCUT2D eigenvalue weighted by molar-refractivity contribution is 7.89. The number of ether oxygens (including phenoxy) is 1. The molecule has 1 heterocycles. The third kappa shape index (κ3) is 3.90. The molecule has 5 fully saturated rings. The Balaban J connectivity index is 1.40. The van der Waals surface area contributed by atoms with Crippen LogP contribution < -0.4 is 5.32 Å². The van der Waals surface area contributed by atoms with E-state index in [1.54, 1.807) is 6.07 Å². The molecule has 6 rings (SSSR count). The fourth-order valence-corrected chi connectivity index (χ4v) is 9.00. The minimum atomic E-state index is -3.71. The quantitative estimate of drug-likeness (QED) is 0.744. The molecule has 7 heteroatoms. The van der Waals surface area contributed by atoms with Crippen LogP contribution in [0.1, 0.15) is 67.4 Å². The Morgan fingerprint density at radius 2 is 1.53 bits per heavy atom. The highest BCUT2D eigenvalue weighted by Gasteiger charge is 2.48. The first-order chi connectivity index (χ1) is 15.1. The van der Waals surface area contributed by atoms with Crippen LogP contribution in [0.5, 0.6) is 0 Å². The van der Waals surface area contributed by atoms with Crippen LogP contribution in [0.25, 0.3) is 0 Å². The zero-order chi connectivity index (χ0) is 22.8. The third-order valence-corrected chi connectivity index (χ3v) is 10.4. The Labute approximate surface area is 192 Å². The summed E-state index contributed by atoms with van der Waals surface area (Å²) in [6, 6.07) is 3.66. The molecule has 1 saturated heterocycles. The summed E-state index contributed by atoms with van der Waals surface area (Å²) in [5.74, 6) is 2.73. The average Bonchev–Trinajstić information content (AvgIpc) is 2.71. The van der Waals surface area contributed by atoms with Crippen molar-refractivity contribution < 1.29 is 17.9 Å². The number of hydrogen-bond donors (Lipinski definition) is 1. The lowest BCUT2D eigenvalue weighted by molar-refractivity contribution is -0.0441. The van der Waals surface area contributed by atoms with E-state index in [1.165, 1.54) is 36.4 Å². The van der Waals surface area contributed by atoms with Gasteiger partial charge in [-0.05, 0) is 107 Å². The molecule has 5 aliphatic rings. The number of hydrogen-bond acceptors (Lipinski definition) is 4. The van der Waals surface area contributed by atoms with E-state index in [2.05, 4.69) is 5.32 Å². The van der Waals surface area contributed by atoms with Crippen LogP contribution in [0.15, 0.2) is 17.0 Å². The van der Waals surface area contributed by atoms with Gasteiger partial charge in [0.1, 0.15) is 0 Å².